The van der Waals surface area contributed by atoms with Crippen molar-refractivity contribution >= 4 is 11.0 Å². The van der Waals surface area contributed by atoms with Gasteiger partial charge in [-0.15, -0.1) is 9.13 Å². The highest BCUT2D eigenvalue weighted by molar-refractivity contribution is 5.99. The molecule has 0 N–H and O–H groups in total. The highest BCUT2D eigenvalue weighted by Crippen LogP contribution is 2.57. The van der Waals surface area contributed by atoms with Crippen LogP contribution in [-0.2, 0) is 27.5 Å². The van der Waals surface area contributed by atoms with Crippen LogP contribution in [0.2, 0.25) is 0 Å². The van der Waals surface area contributed by atoms with Gasteiger partial charge in [0, 0.05) is 35.8 Å². The van der Waals surface area contributed by atoms with Crippen molar-refractivity contribution in [3.63, 3.8) is 0 Å². The first-order valence-electron chi connectivity index (χ1n) is 26.9. The normalized spacial score (nSPS) is 16.0. The third kappa shape index (κ3) is 7.06. The SMILES string of the molecule is [2H]C(C)(C)c1ccc(-c2cc[n+]3c(c2)-c2cc(C(C)(C)C)cc4c2C32Oc3c(cc(C(C)(C)C)cc3C(C)(C)C)-c3n(-c5cc(-c6ccccc6)c(C)cc5-c5ccc(C(C)(C)C)cc5)c5cccc-4c5[n+]32)cc1. The molecule has 0 saturated heterocycles. The van der Waals surface area contributed by atoms with Gasteiger partial charge in [0.2, 0.25) is 5.69 Å². The first-order chi connectivity index (χ1) is 34.7. The number of aryl methyl sites for hydroxylation is 1. The fourth-order valence-electron chi connectivity index (χ4n) is 12.0. The second kappa shape index (κ2) is 15.7. The minimum absolute atomic E-state index is 0.0146. The number of hydrogen-bond acceptors (Lipinski definition) is 1. The van der Waals surface area contributed by atoms with Crippen LogP contribution in [0.5, 0.6) is 5.75 Å². The predicted molar refractivity (Wildman–Crippen MR) is 303 cm³/mol. The van der Waals surface area contributed by atoms with E-state index in [-0.39, 0.29) is 21.7 Å². The second-order valence-electron chi connectivity index (χ2n) is 25.6. The van der Waals surface area contributed by atoms with Crippen molar-refractivity contribution in [3.8, 4) is 78.6 Å². The average molecular weight is 959 g/mol. The Kier molecular flexibility index (Phi) is 9.87. The molecule has 7 aromatic carbocycles. The van der Waals surface area contributed by atoms with E-state index >= 15 is 0 Å². The van der Waals surface area contributed by atoms with Crippen molar-refractivity contribution in [1.82, 2.24) is 4.57 Å². The second-order valence-corrected chi connectivity index (χ2v) is 25.6. The Labute approximate surface area is 435 Å². The molecule has 4 nitrogen and oxygen atoms in total. The van der Waals surface area contributed by atoms with E-state index in [2.05, 4.69) is 255 Å². The number of aromatic nitrogens is 3. The zero-order valence-electron chi connectivity index (χ0n) is 46.7. The summed E-state index contributed by atoms with van der Waals surface area (Å²) in [6.45, 7) is 34.0. The number of hydrogen-bond donors (Lipinski definition) is 0. The Bertz CT molecular complexity index is 3800. The molecule has 2 aromatic heterocycles. The highest BCUT2D eigenvalue weighted by Gasteiger charge is 2.69. The molecule has 4 heteroatoms. The van der Waals surface area contributed by atoms with Gasteiger partial charge in [0.05, 0.1) is 5.56 Å². The third-order valence-corrected chi connectivity index (χ3v) is 16.2. The number of imidazole rings is 1. The van der Waals surface area contributed by atoms with Crippen LogP contribution in [0, 0.1) is 6.92 Å². The van der Waals surface area contributed by atoms with E-state index in [1.165, 1.54) is 66.8 Å². The van der Waals surface area contributed by atoms with Gasteiger partial charge in [-0.3, -0.25) is 0 Å². The average Bonchev–Trinajstić information content (AvgIpc) is 3.87. The maximum Gasteiger partial charge on any atom is 0.499 e. The third-order valence-electron chi connectivity index (χ3n) is 16.2. The van der Waals surface area contributed by atoms with Crippen LogP contribution in [0.1, 0.15) is 143 Å². The van der Waals surface area contributed by atoms with Crippen LogP contribution in [0.25, 0.3) is 83.9 Å². The smallest absolute Gasteiger partial charge is 0.392 e. The van der Waals surface area contributed by atoms with Crippen LogP contribution >= 0.6 is 0 Å². The molecule has 1 unspecified atom stereocenters. The summed E-state index contributed by atoms with van der Waals surface area (Å²) >= 11 is 0. The molecule has 0 radical (unpaired) electrons. The molecule has 1 atom stereocenters. The van der Waals surface area contributed by atoms with E-state index in [1.54, 1.807) is 0 Å². The minimum Gasteiger partial charge on any atom is -0.392 e. The van der Waals surface area contributed by atoms with Gasteiger partial charge in [-0.1, -0.05) is 188 Å². The Morgan fingerprint density at radius 3 is 1.78 bits per heavy atom. The first kappa shape index (κ1) is 45.8. The Balaban J connectivity index is 1.27. The van der Waals surface area contributed by atoms with Crippen molar-refractivity contribution in [1.29, 1.82) is 0 Å². The van der Waals surface area contributed by atoms with Crippen molar-refractivity contribution in [2.75, 3.05) is 0 Å². The van der Waals surface area contributed by atoms with E-state index in [4.69, 9.17) is 6.11 Å². The van der Waals surface area contributed by atoms with Gasteiger partial charge < -0.3 is 4.74 Å². The number of ether oxygens (including phenoxy) is 1. The molecule has 366 valence electrons. The van der Waals surface area contributed by atoms with Crippen LogP contribution < -0.4 is 13.9 Å². The molecule has 0 bridgehead atoms. The summed E-state index contributed by atoms with van der Waals surface area (Å²) in [5, 5.41) is 0. The lowest BCUT2D eigenvalue weighted by Gasteiger charge is -2.36. The first-order valence-corrected chi connectivity index (χ1v) is 26.4. The van der Waals surface area contributed by atoms with Gasteiger partial charge in [-0.05, 0) is 133 Å². The molecule has 12 rings (SSSR count). The molecule has 5 heterocycles. The number of pyridine rings is 1. The Morgan fingerprint density at radius 2 is 1.14 bits per heavy atom. The van der Waals surface area contributed by atoms with E-state index < -0.39 is 11.7 Å². The summed E-state index contributed by atoms with van der Waals surface area (Å²) < 4.78 is 24.7. The lowest BCUT2D eigenvalue weighted by Crippen LogP contribution is -2.78. The van der Waals surface area contributed by atoms with E-state index in [0.717, 1.165) is 61.8 Å². The fourth-order valence-corrected chi connectivity index (χ4v) is 12.0. The van der Waals surface area contributed by atoms with Crippen LogP contribution in [0.3, 0.4) is 0 Å². The molecule has 0 fully saturated rings. The number of rotatable bonds is 5. The summed E-state index contributed by atoms with van der Waals surface area (Å²) in [6, 6.07) is 55.1. The molecule has 0 amide bonds. The summed E-state index contributed by atoms with van der Waals surface area (Å²) in [5.74, 6) is 0.180. The van der Waals surface area contributed by atoms with Crippen molar-refractivity contribution in [2.45, 2.75) is 137 Å². The predicted octanol–water partition coefficient (Wildman–Crippen LogP) is 17.1. The molecular weight excluding hydrogens is 887 g/mol. The lowest BCUT2D eigenvalue weighted by atomic mass is 9.78. The maximum absolute atomic E-state index is 8.76. The quantitative estimate of drug-likeness (QED) is 0.158. The van der Waals surface area contributed by atoms with Crippen molar-refractivity contribution in [3.05, 3.63) is 191 Å². The van der Waals surface area contributed by atoms with Crippen LogP contribution in [0.15, 0.2) is 152 Å². The Hall–Kier alpha value is -7.04. The zero-order chi connectivity index (χ0) is 52.4. The number of nitrogens with zero attached hydrogens (tertiary/aromatic N) is 3. The molecule has 1 spiro atoms. The maximum atomic E-state index is 8.76. The van der Waals surface area contributed by atoms with E-state index in [0.29, 0.717) is 0 Å². The largest absolute Gasteiger partial charge is 0.499 e. The van der Waals surface area contributed by atoms with Gasteiger partial charge in [-0.25, -0.2) is 0 Å². The van der Waals surface area contributed by atoms with E-state index in [1.807, 2.05) is 13.8 Å². The minimum atomic E-state index is -1.14. The molecule has 3 aliphatic rings. The topological polar surface area (TPSA) is 21.9 Å². The number of benzene rings is 7. The van der Waals surface area contributed by atoms with Crippen LogP contribution in [-0.4, -0.2) is 4.57 Å². The molecule has 0 aliphatic carbocycles. The molecule has 0 saturated carbocycles. The number of fused-ring (bicyclic) bond motifs is 5. The van der Waals surface area contributed by atoms with Gasteiger partial charge in [0.15, 0.2) is 23.0 Å². The highest BCUT2D eigenvalue weighted by atomic mass is 16.5. The summed E-state index contributed by atoms with van der Waals surface area (Å²) in [4.78, 5) is 0. The molecule has 73 heavy (non-hydrogen) atoms. The fraction of sp³-hybridized carbons (Fsp3) is 0.304. The van der Waals surface area contributed by atoms with Crippen LogP contribution in [0.4, 0.5) is 0 Å². The molecular formula is C69H71N3O+2. The summed E-state index contributed by atoms with van der Waals surface area (Å²) in [6.07, 6.45) is 2.29. The van der Waals surface area contributed by atoms with Gasteiger partial charge in [0.25, 0.3) is 0 Å². The van der Waals surface area contributed by atoms with Gasteiger partial charge in [-0.2, -0.15) is 4.57 Å². The zero-order valence-corrected chi connectivity index (χ0v) is 45.7. The Morgan fingerprint density at radius 1 is 0.521 bits per heavy atom. The monoisotopic (exact) mass is 959 g/mol. The van der Waals surface area contributed by atoms with E-state index in [9.17, 15) is 0 Å². The van der Waals surface area contributed by atoms with Crippen molar-refractivity contribution in [2.24, 2.45) is 0 Å². The van der Waals surface area contributed by atoms with Crippen molar-refractivity contribution < 1.29 is 15.2 Å². The lowest BCUT2D eigenvalue weighted by molar-refractivity contribution is -0.997. The molecule has 9 aromatic rings. The summed E-state index contributed by atoms with van der Waals surface area (Å²) in [5.41, 5.74) is 24.0. The molecule has 3 aliphatic heterocycles. The standard InChI is InChI=1S/C69H71N3O/c1-41(2)43-24-26-44(27-25-43)47-32-33-70-59(35-47)55-37-49(66(7,8)9)36-54-51-22-19-23-58-62(51)72-64(56-38-50(67(10,11)12)39-57(68(13,14)15)63(56)73-69(70,72)61(54)55)71(58)60-40-52(45-20-17-16-18-21-45)42(3)34-53(60)46-28-30-48(31-29-46)65(4,5)6/h16-41H,1-15H3/q+2/i41D. The van der Waals surface area contributed by atoms with Gasteiger partial charge in [0.1, 0.15) is 16.8 Å². The van der Waals surface area contributed by atoms with Gasteiger partial charge >= 0.3 is 11.7 Å². The number of para-hydroxylation sites is 1. The summed E-state index contributed by atoms with van der Waals surface area (Å²) in [7, 11) is 0.